The Hall–Kier alpha value is -2.54. The third-order valence-corrected chi connectivity index (χ3v) is 5.53. The second kappa shape index (κ2) is 9.31. The molecule has 2 aromatic heterocycles. The summed E-state index contributed by atoms with van der Waals surface area (Å²) in [4.78, 5) is 9.58. The first kappa shape index (κ1) is 19.8. The molecule has 1 fully saturated rings. The molecule has 0 saturated carbocycles. The van der Waals surface area contributed by atoms with Gasteiger partial charge in [-0.25, -0.2) is 4.68 Å². The number of piperazine rings is 1. The van der Waals surface area contributed by atoms with E-state index in [9.17, 15) is 5.11 Å². The molecule has 0 amide bonds. The highest BCUT2D eigenvalue weighted by atomic mass is 16.3. The van der Waals surface area contributed by atoms with Gasteiger partial charge in [0.15, 0.2) is 0 Å². The van der Waals surface area contributed by atoms with Crippen molar-refractivity contribution >= 4 is 0 Å². The van der Waals surface area contributed by atoms with E-state index in [0.29, 0.717) is 6.04 Å². The summed E-state index contributed by atoms with van der Waals surface area (Å²) in [6.07, 6.45) is 4.85. The molecule has 29 heavy (non-hydrogen) atoms. The molecule has 1 aliphatic rings. The molecule has 152 valence electrons. The van der Waals surface area contributed by atoms with Crippen LogP contribution in [0, 0.1) is 6.92 Å². The zero-order chi connectivity index (χ0) is 20.1. The Labute approximate surface area is 172 Å². The number of aryl methyl sites for hydroxylation is 1. The molecular weight excluding hydrogens is 362 g/mol. The largest absolute Gasteiger partial charge is 0.396 e. The zero-order valence-electron chi connectivity index (χ0n) is 17.0. The highest BCUT2D eigenvalue weighted by Crippen LogP contribution is 2.18. The first-order valence-corrected chi connectivity index (χ1v) is 10.3. The van der Waals surface area contributed by atoms with Crippen molar-refractivity contribution in [3.05, 3.63) is 77.9 Å². The van der Waals surface area contributed by atoms with Gasteiger partial charge in [-0.1, -0.05) is 24.3 Å². The van der Waals surface area contributed by atoms with Gasteiger partial charge in [0.1, 0.15) is 0 Å². The number of pyridine rings is 1. The van der Waals surface area contributed by atoms with Gasteiger partial charge >= 0.3 is 0 Å². The summed E-state index contributed by atoms with van der Waals surface area (Å²) in [7, 11) is 0. The molecule has 1 saturated heterocycles. The molecule has 6 nitrogen and oxygen atoms in total. The Morgan fingerprint density at radius 1 is 1.03 bits per heavy atom. The lowest BCUT2D eigenvalue weighted by Crippen LogP contribution is -2.52. The molecule has 1 N–H and O–H groups in total. The molecule has 1 aromatic carbocycles. The molecule has 0 radical (unpaired) electrons. The van der Waals surface area contributed by atoms with Crippen LogP contribution >= 0.6 is 0 Å². The quantitative estimate of drug-likeness (QED) is 0.671. The molecule has 3 heterocycles. The third kappa shape index (κ3) is 5.09. The Balaban J connectivity index is 1.39. The Bertz CT molecular complexity index is 910. The van der Waals surface area contributed by atoms with Gasteiger partial charge in [-0.3, -0.25) is 14.8 Å². The van der Waals surface area contributed by atoms with E-state index in [1.165, 1.54) is 5.56 Å². The van der Waals surface area contributed by atoms with Crippen LogP contribution in [0.5, 0.6) is 0 Å². The lowest BCUT2D eigenvalue weighted by molar-refractivity contribution is 0.0491. The van der Waals surface area contributed by atoms with Crippen LogP contribution in [-0.4, -0.2) is 62.0 Å². The maximum absolute atomic E-state index is 9.58. The summed E-state index contributed by atoms with van der Waals surface area (Å²) in [6.45, 7) is 6.89. The third-order valence-electron chi connectivity index (χ3n) is 5.53. The molecule has 1 aliphatic heterocycles. The van der Waals surface area contributed by atoms with E-state index < -0.39 is 0 Å². The first-order valence-electron chi connectivity index (χ1n) is 10.3. The van der Waals surface area contributed by atoms with Gasteiger partial charge in [-0.05, 0) is 37.6 Å². The number of benzene rings is 1. The molecule has 3 aromatic rings. The number of para-hydroxylation sites is 1. The average Bonchev–Trinajstić information content (AvgIpc) is 3.19. The summed E-state index contributed by atoms with van der Waals surface area (Å²) in [5.41, 5.74) is 4.44. The van der Waals surface area contributed by atoms with Crippen LogP contribution in [0.3, 0.4) is 0 Å². The van der Waals surface area contributed by atoms with Crippen molar-refractivity contribution in [3.63, 3.8) is 0 Å². The van der Waals surface area contributed by atoms with Crippen LogP contribution in [0.15, 0.2) is 60.9 Å². The van der Waals surface area contributed by atoms with Crippen molar-refractivity contribution in [2.24, 2.45) is 0 Å². The number of aliphatic hydroxyl groups excluding tert-OH is 1. The van der Waals surface area contributed by atoms with E-state index in [0.717, 1.165) is 56.2 Å². The van der Waals surface area contributed by atoms with Crippen molar-refractivity contribution in [1.82, 2.24) is 24.6 Å². The van der Waals surface area contributed by atoms with E-state index in [2.05, 4.69) is 50.3 Å². The Morgan fingerprint density at radius 2 is 1.90 bits per heavy atom. The fourth-order valence-electron chi connectivity index (χ4n) is 4.05. The second-order valence-corrected chi connectivity index (χ2v) is 7.77. The number of nitrogens with zero attached hydrogens (tertiary/aromatic N) is 5. The van der Waals surface area contributed by atoms with Gasteiger partial charge in [0, 0.05) is 62.8 Å². The van der Waals surface area contributed by atoms with E-state index in [4.69, 9.17) is 0 Å². The van der Waals surface area contributed by atoms with Crippen LogP contribution in [0.2, 0.25) is 0 Å². The summed E-state index contributed by atoms with van der Waals surface area (Å²) in [5, 5.41) is 14.1. The maximum Gasteiger partial charge on any atom is 0.0645 e. The number of hydrogen-bond acceptors (Lipinski definition) is 5. The highest BCUT2D eigenvalue weighted by Gasteiger charge is 2.27. The van der Waals surface area contributed by atoms with Crippen LogP contribution < -0.4 is 0 Å². The fraction of sp³-hybridized carbons (Fsp3) is 0.391. The lowest BCUT2D eigenvalue weighted by Gasteiger charge is -2.41. The standard InChI is InChI=1S/C23H29N5O/c1-19-6-5-7-21(25-19)17-27-12-11-26(18-23(27)10-13-29)15-20-14-24-28(16-20)22-8-3-2-4-9-22/h2-9,14,16,23,29H,10-13,15,17-18H2,1H3. The van der Waals surface area contributed by atoms with E-state index in [1.807, 2.05) is 42.1 Å². The molecule has 1 atom stereocenters. The number of rotatable bonds is 7. The number of aliphatic hydroxyl groups is 1. The van der Waals surface area contributed by atoms with E-state index in [-0.39, 0.29) is 6.61 Å². The summed E-state index contributed by atoms with van der Waals surface area (Å²) < 4.78 is 1.93. The molecule has 4 rings (SSSR count). The lowest BCUT2D eigenvalue weighted by atomic mass is 10.1. The minimum absolute atomic E-state index is 0.211. The fourth-order valence-corrected chi connectivity index (χ4v) is 4.05. The van der Waals surface area contributed by atoms with E-state index >= 15 is 0 Å². The van der Waals surface area contributed by atoms with Crippen LogP contribution in [0.25, 0.3) is 5.69 Å². The number of aromatic nitrogens is 3. The van der Waals surface area contributed by atoms with Crippen molar-refractivity contribution < 1.29 is 5.11 Å². The van der Waals surface area contributed by atoms with Gasteiger partial charge in [-0.2, -0.15) is 5.10 Å². The molecule has 0 bridgehead atoms. The zero-order valence-corrected chi connectivity index (χ0v) is 17.0. The minimum atomic E-state index is 0.211. The van der Waals surface area contributed by atoms with Gasteiger partial charge in [0.2, 0.25) is 0 Å². The predicted molar refractivity (Wildman–Crippen MR) is 114 cm³/mol. The van der Waals surface area contributed by atoms with Crippen LogP contribution in [0.1, 0.15) is 23.4 Å². The number of hydrogen-bond donors (Lipinski definition) is 1. The monoisotopic (exact) mass is 391 g/mol. The van der Waals surface area contributed by atoms with Crippen molar-refractivity contribution in [2.75, 3.05) is 26.2 Å². The van der Waals surface area contributed by atoms with Crippen molar-refractivity contribution in [3.8, 4) is 5.69 Å². The molecule has 6 heteroatoms. The van der Waals surface area contributed by atoms with Crippen LogP contribution in [-0.2, 0) is 13.1 Å². The summed E-state index contributed by atoms with van der Waals surface area (Å²) >= 11 is 0. The topological polar surface area (TPSA) is 57.4 Å². The molecule has 1 unspecified atom stereocenters. The highest BCUT2D eigenvalue weighted by molar-refractivity contribution is 5.30. The normalized spacial score (nSPS) is 18.2. The first-order chi connectivity index (χ1) is 14.2. The molecule has 0 spiro atoms. The predicted octanol–water partition coefficient (Wildman–Crippen LogP) is 2.64. The van der Waals surface area contributed by atoms with Gasteiger partial charge in [0.05, 0.1) is 17.6 Å². The van der Waals surface area contributed by atoms with Gasteiger partial charge in [0.25, 0.3) is 0 Å². The SMILES string of the molecule is Cc1cccc(CN2CCN(Cc3cnn(-c4ccccc4)c3)CC2CCO)n1. The van der Waals surface area contributed by atoms with Gasteiger partial charge < -0.3 is 5.11 Å². The molecular formula is C23H29N5O. The van der Waals surface area contributed by atoms with Crippen LogP contribution in [0.4, 0.5) is 0 Å². The van der Waals surface area contributed by atoms with Gasteiger partial charge in [-0.15, -0.1) is 0 Å². The Kier molecular flexibility index (Phi) is 6.34. The van der Waals surface area contributed by atoms with E-state index in [1.54, 1.807) is 0 Å². The summed E-state index contributed by atoms with van der Waals surface area (Å²) in [6, 6.07) is 16.7. The molecule has 0 aliphatic carbocycles. The minimum Gasteiger partial charge on any atom is -0.396 e. The van der Waals surface area contributed by atoms with Crippen molar-refractivity contribution in [2.45, 2.75) is 32.5 Å². The Morgan fingerprint density at radius 3 is 2.69 bits per heavy atom. The van der Waals surface area contributed by atoms with Crippen molar-refractivity contribution in [1.29, 1.82) is 0 Å². The maximum atomic E-state index is 9.58. The summed E-state index contributed by atoms with van der Waals surface area (Å²) in [5.74, 6) is 0. The smallest absolute Gasteiger partial charge is 0.0645 e. The average molecular weight is 392 g/mol. The second-order valence-electron chi connectivity index (χ2n) is 7.77.